The van der Waals surface area contributed by atoms with Gasteiger partial charge in [0, 0.05) is 10.2 Å². The van der Waals surface area contributed by atoms with Crippen LogP contribution in [-0.4, -0.2) is 23.3 Å². The Bertz CT molecular complexity index is 435. The molecule has 0 aliphatic heterocycles. The second kappa shape index (κ2) is 5.71. The average molecular weight is 315 g/mol. The molecule has 0 saturated carbocycles. The van der Waals surface area contributed by atoms with Gasteiger partial charge in [0.25, 0.3) is 0 Å². The van der Waals surface area contributed by atoms with Crippen LogP contribution < -0.4 is 10.6 Å². The number of benzene rings is 1. The largest absolute Gasteiger partial charge is 0.394 e. The van der Waals surface area contributed by atoms with Gasteiger partial charge in [-0.2, -0.15) is 0 Å². The van der Waals surface area contributed by atoms with Crippen LogP contribution in [0, 0.1) is 13.8 Å². The van der Waals surface area contributed by atoms with Crippen LogP contribution in [0.2, 0.25) is 0 Å². The fourth-order valence-corrected chi connectivity index (χ4v) is 2.29. The Hall–Kier alpha value is -1.07. The molecule has 100 valence electrons. The molecule has 0 spiro atoms. The minimum absolute atomic E-state index is 0.112. The van der Waals surface area contributed by atoms with Crippen LogP contribution in [0.1, 0.15) is 25.0 Å². The van der Waals surface area contributed by atoms with E-state index in [1.165, 1.54) is 0 Å². The lowest BCUT2D eigenvalue weighted by Gasteiger charge is -2.24. The van der Waals surface area contributed by atoms with Crippen molar-refractivity contribution in [2.45, 2.75) is 33.2 Å². The number of amides is 2. The Morgan fingerprint density at radius 1 is 1.33 bits per heavy atom. The van der Waals surface area contributed by atoms with E-state index in [9.17, 15) is 4.79 Å². The Morgan fingerprint density at radius 3 is 2.28 bits per heavy atom. The maximum Gasteiger partial charge on any atom is 0.319 e. The number of aliphatic hydroxyl groups excluding tert-OH is 1. The molecule has 0 aromatic heterocycles. The van der Waals surface area contributed by atoms with Crippen LogP contribution in [0.4, 0.5) is 10.5 Å². The van der Waals surface area contributed by atoms with Crippen molar-refractivity contribution in [3.63, 3.8) is 0 Å². The van der Waals surface area contributed by atoms with Gasteiger partial charge in [0.1, 0.15) is 0 Å². The summed E-state index contributed by atoms with van der Waals surface area (Å²) in [4.78, 5) is 11.8. The van der Waals surface area contributed by atoms with Gasteiger partial charge in [-0.05, 0) is 51.0 Å². The van der Waals surface area contributed by atoms with E-state index in [0.29, 0.717) is 0 Å². The molecule has 0 unspecified atom stereocenters. The topological polar surface area (TPSA) is 61.4 Å². The van der Waals surface area contributed by atoms with Crippen LogP contribution in [0.3, 0.4) is 0 Å². The van der Waals surface area contributed by atoms with Crippen molar-refractivity contribution in [3.8, 4) is 0 Å². The molecule has 0 atom stereocenters. The Morgan fingerprint density at radius 2 is 1.83 bits per heavy atom. The summed E-state index contributed by atoms with van der Waals surface area (Å²) in [6.07, 6.45) is 0. The van der Waals surface area contributed by atoms with E-state index in [1.807, 2.05) is 26.0 Å². The fraction of sp³-hybridized carbons (Fsp3) is 0.462. The van der Waals surface area contributed by atoms with Crippen molar-refractivity contribution in [1.29, 1.82) is 0 Å². The summed E-state index contributed by atoms with van der Waals surface area (Å²) in [6.45, 7) is 7.27. The molecule has 0 saturated heterocycles. The monoisotopic (exact) mass is 314 g/mol. The van der Waals surface area contributed by atoms with Crippen molar-refractivity contribution < 1.29 is 9.90 Å². The minimum Gasteiger partial charge on any atom is -0.394 e. The number of nitrogens with one attached hydrogen (secondary N) is 2. The number of aliphatic hydroxyl groups is 1. The van der Waals surface area contributed by atoms with E-state index < -0.39 is 5.54 Å². The zero-order valence-electron chi connectivity index (χ0n) is 11.1. The molecular formula is C13H19BrN2O2. The molecule has 0 fully saturated rings. The second-order valence-corrected chi connectivity index (χ2v) is 5.95. The molecule has 18 heavy (non-hydrogen) atoms. The molecule has 0 aliphatic carbocycles. The third-order valence-corrected chi connectivity index (χ3v) is 3.04. The van der Waals surface area contributed by atoms with E-state index in [1.54, 1.807) is 13.8 Å². The molecule has 2 amide bonds. The number of rotatable bonds is 3. The van der Waals surface area contributed by atoms with Crippen molar-refractivity contribution in [1.82, 2.24) is 5.32 Å². The molecule has 0 aliphatic rings. The molecule has 3 N–H and O–H groups in total. The maximum absolute atomic E-state index is 11.8. The lowest BCUT2D eigenvalue weighted by atomic mass is 10.1. The number of halogens is 1. The fourth-order valence-electron chi connectivity index (χ4n) is 1.60. The first-order valence-electron chi connectivity index (χ1n) is 5.72. The molecule has 0 bridgehead atoms. The standard InChI is InChI=1S/C13H19BrN2O2/c1-8-5-10(14)6-9(2)11(8)15-12(18)16-13(3,4)7-17/h5-6,17H,7H2,1-4H3,(H2,15,16,18). The molecular weight excluding hydrogens is 296 g/mol. The van der Waals surface area contributed by atoms with E-state index in [4.69, 9.17) is 5.11 Å². The highest BCUT2D eigenvalue weighted by atomic mass is 79.9. The maximum atomic E-state index is 11.8. The van der Waals surface area contributed by atoms with Gasteiger partial charge >= 0.3 is 6.03 Å². The van der Waals surface area contributed by atoms with E-state index >= 15 is 0 Å². The Balaban J connectivity index is 2.83. The highest BCUT2D eigenvalue weighted by molar-refractivity contribution is 9.10. The molecule has 4 nitrogen and oxygen atoms in total. The highest BCUT2D eigenvalue weighted by Gasteiger charge is 2.19. The van der Waals surface area contributed by atoms with Crippen LogP contribution in [0.25, 0.3) is 0 Å². The minimum atomic E-state index is -0.638. The lowest BCUT2D eigenvalue weighted by molar-refractivity contribution is 0.187. The average Bonchev–Trinajstić information content (AvgIpc) is 2.22. The predicted octanol–water partition coefficient (Wildman–Crippen LogP) is 2.96. The summed E-state index contributed by atoms with van der Waals surface area (Å²) in [6, 6.07) is 3.57. The summed E-state index contributed by atoms with van der Waals surface area (Å²) in [7, 11) is 0. The SMILES string of the molecule is Cc1cc(Br)cc(C)c1NC(=O)NC(C)(C)CO. The predicted molar refractivity (Wildman–Crippen MR) is 76.9 cm³/mol. The number of urea groups is 1. The van der Waals surface area contributed by atoms with Gasteiger partial charge in [-0.3, -0.25) is 0 Å². The smallest absolute Gasteiger partial charge is 0.319 e. The number of carbonyl (C=O) groups excluding carboxylic acids is 1. The van der Waals surface area contributed by atoms with Gasteiger partial charge in [-0.15, -0.1) is 0 Å². The quantitative estimate of drug-likeness (QED) is 0.803. The van der Waals surface area contributed by atoms with E-state index in [2.05, 4.69) is 26.6 Å². The van der Waals surface area contributed by atoms with Gasteiger partial charge < -0.3 is 15.7 Å². The first kappa shape index (κ1) is 15.0. The van der Waals surface area contributed by atoms with Crippen LogP contribution >= 0.6 is 15.9 Å². The Labute approximate surface area is 116 Å². The normalized spacial score (nSPS) is 11.2. The van der Waals surface area contributed by atoms with Crippen molar-refractivity contribution >= 4 is 27.6 Å². The highest BCUT2D eigenvalue weighted by Crippen LogP contribution is 2.25. The number of hydrogen-bond donors (Lipinski definition) is 3. The summed E-state index contributed by atoms with van der Waals surface area (Å²) in [5.74, 6) is 0. The third kappa shape index (κ3) is 3.99. The van der Waals surface area contributed by atoms with Crippen molar-refractivity contribution in [2.75, 3.05) is 11.9 Å². The first-order chi connectivity index (χ1) is 8.25. The number of anilines is 1. The van der Waals surface area contributed by atoms with Gasteiger partial charge in [-0.1, -0.05) is 15.9 Å². The number of hydrogen-bond acceptors (Lipinski definition) is 2. The molecule has 5 heteroatoms. The summed E-state index contributed by atoms with van der Waals surface area (Å²) >= 11 is 3.41. The van der Waals surface area contributed by atoms with Crippen LogP contribution in [0.5, 0.6) is 0 Å². The van der Waals surface area contributed by atoms with E-state index in [0.717, 1.165) is 21.3 Å². The van der Waals surface area contributed by atoms with Gasteiger partial charge in [0.05, 0.1) is 12.1 Å². The van der Waals surface area contributed by atoms with Crippen molar-refractivity contribution in [2.24, 2.45) is 0 Å². The van der Waals surface area contributed by atoms with Crippen LogP contribution in [-0.2, 0) is 0 Å². The molecule has 1 rings (SSSR count). The van der Waals surface area contributed by atoms with Crippen molar-refractivity contribution in [3.05, 3.63) is 27.7 Å². The summed E-state index contributed by atoms with van der Waals surface area (Å²) in [5, 5.41) is 14.6. The number of aryl methyl sites for hydroxylation is 2. The van der Waals surface area contributed by atoms with Gasteiger partial charge in [-0.25, -0.2) is 4.79 Å². The molecule has 0 radical (unpaired) electrons. The summed E-state index contributed by atoms with van der Waals surface area (Å²) < 4.78 is 0.985. The molecule has 1 aromatic carbocycles. The lowest BCUT2D eigenvalue weighted by Crippen LogP contribution is -2.48. The Kier molecular flexibility index (Phi) is 4.76. The van der Waals surface area contributed by atoms with Gasteiger partial charge in [0.15, 0.2) is 0 Å². The zero-order chi connectivity index (χ0) is 13.9. The summed E-state index contributed by atoms with van der Waals surface area (Å²) in [5.41, 5.74) is 2.13. The molecule has 1 aromatic rings. The zero-order valence-corrected chi connectivity index (χ0v) is 12.7. The third-order valence-electron chi connectivity index (χ3n) is 2.58. The first-order valence-corrected chi connectivity index (χ1v) is 6.51. The second-order valence-electron chi connectivity index (χ2n) is 5.04. The van der Waals surface area contributed by atoms with Gasteiger partial charge in [0.2, 0.25) is 0 Å². The number of carbonyl (C=O) groups is 1. The van der Waals surface area contributed by atoms with Crippen LogP contribution in [0.15, 0.2) is 16.6 Å². The van der Waals surface area contributed by atoms with E-state index in [-0.39, 0.29) is 12.6 Å². The molecule has 0 heterocycles.